The normalized spacial score (nSPS) is 20.5. The van der Waals surface area contributed by atoms with E-state index >= 15 is 0 Å². The fraction of sp³-hybridized carbons (Fsp3) is 0.533. The third-order valence-electron chi connectivity index (χ3n) is 3.44. The molecule has 0 N–H and O–H groups in total. The molecule has 1 aliphatic rings. The SMILES string of the molecule is CCCN1CCOC(C(=O)c2ccc(C)c(Cl)c2)C1. The summed E-state index contributed by atoms with van der Waals surface area (Å²) in [5, 5.41) is 0.632. The van der Waals surface area contributed by atoms with Crippen LogP contribution in [0.5, 0.6) is 0 Å². The minimum absolute atomic E-state index is 0.0303. The van der Waals surface area contributed by atoms with Gasteiger partial charge in [-0.3, -0.25) is 9.69 Å². The predicted octanol–water partition coefficient (Wildman–Crippen LogP) is 2.94. The van der Waals surface area contributed by atoms with E-state index in [0.717, 1.165) is 25.1 Å². The number of hydrogen-bond donors (Lipinski definition) is 0. The van der Waals surface area contributed by atoms with Gasteiger partial charge in [-0.1, -0.05) is 30.7 Å². The lowest BCUT2D eigenvalue weighted by Gasteiger charge is -2.31. The highest BCUT2D eigenvalue weighted by atomic mass is 35.5. The lowest BCUT2D eigenvalue weighted by atomic mass is 10.0. The fourth-order valence-electron chi connectivity index (χ4n) is 2.31. The van der Waals surface area contributed by atoms with E-state index in [9.17, 15) is 4.79 Å². The van der Waals surface area contributed by atoms with Gasteiger partial charge in [0.15, 0.2) is 5.78 Å². The van der Waals surface area contributed by atoms with Gasteiger partial charge in [-0.15, -0.1) is 0 Å². The number of rotatable bonds is 4. The van der Waals surface area contributed by atoms with Crippen LogP contribution in [-0.4, -0.2) is 43.0 Å². The molecule has 1 unspecified atom stereocenters. The van der Waals surface area contributed by atoms with Gasteiger partial charge in [0.25, 0.3) is 0 Å². The molecule has 2 rings (SSSR count). The molecule has 0 aromatic heterocycles. The summed E-state index contributed by atoms with van der Waals surface area (Å²) < 4.78 is 5.61. The van der Waals surface area contributed by atoms with Crippen molar-refractivity contribution in [2.75, 3.05) is 26.2 Å². The van der Waals surface area contributed by atoms with Crippen LogP contribution in [0.3, 0.4) is 0 Å². The zero-order valence-electron chi connectivity index (χ0n) is 11.5. The van der Waals surface area contributed by atoms with Crippen LogP contribution in [0.15, 0.2) is 18.2 Å². The Bertz CT molecular complexity index is 459. The summed E-state index contributed by atoms with van der Waals surface area (Å²) in [6, 6.07) is 5.44. The lowest BCUT2D eigenvalue weighted by Crippen LogP contribution is -2.46. The van der Waals surface area contributed by atoms with Gasteiger partial charge in [0.05, 0.1) is 6.61 Å². The Morgan fingerprint density at radius 3 is 3.00 bits per heavy atom. The molecule has 1 atom stereocenters. The number of nitrogens with zero attached hydrogens (tertiary/aromatic N) is 1. The van der Waals surface area contributed by atoms with Crippen LogP contribution in [0, 0.1) is 6.92 Å². The topological polar surface area (TPSA) is 29.5 Å². The molecule has 1 heterocycles. The molecule has 1 fully saturated rings. The quantitative estimate of drug-likeness (QED) is 0.795. The Kier molecular flexibility index (Phi) is 4.97. The lowest BCUT2D eigenvalue weighted by molar-refractivity contribution is -0.0163. The monoisotopic (exact) mass is 281 g/mol. The smallest absolute Gasteiger partial charge is 0.192 e. The number of ether oxygens (including phenoxy) is 1. The zero-order chi connectivity index (χ0) is 13.8. The van der Waals surface area contributed by atoms with Gasteiger partial charge in [0.2, 0.25) is 0 Å². The first-order valence-corrected chi connectivity index (χ1v) is 7.14. The number of morpholine rings is 1. The largest absolute Gasteiger partial charge is 0.367 e. The molecule has 0 radical (unpaired) electrons. The standard InChI is InChI=1S/C15H20ClNO2/c1-3-6-17-7-8-19-14(10-17)15(18)12-5-4-11(2)13(16)9-12/h4-5,9,14H,3,6-8,10H2,1-2H3. The second-order valence-electron chi connectivity index (χ2n) is 4.99. The summed E-state index contributed by atoms with van der Waals surface area (Å²) in [6.07, 6.45) is 0.733. The first-order valence-electron chi connectivity index (χ1n) is 6.76. The molecular weight excluding hydrogens is 262 g/mol. The molecule has 1 aliphatic heterocycles. The number of aryl methyl sites for hydroxylation is 1. The molecule has 1 saturated heterocycles. The average Bonchev–Trinajstić information content (AvgIpc) is 2.42. The van der Waals surface area contributed by atoms with E-state index in [1.54, 1.807) is 6.07 Å². The number of halogens is 1. The number of carbonyl (C=O) groups is 1. The van der Waals surface area contributed by atoms with E-state index in [2.05, 4.69) is 11.8 Å². The Balaban J connectivity index is 2.08. The summed E-state index contributed by atoms with van der Waals surface area (Å²) in [5.74, 6) is 0.0303. The minimum Gasteiger partial charge on any atom is -0.367 e. The summed E-state index contributed by atoms with van der Waals surface area (Å²) >= 11 is 6.07. The van der Waals surface area contributed by atoms with Crippen LogP contribution >= 0.6 is 11.6 Å². The van der Waals surface area contributed by atoms with Crippen molar-refractivity contribution >= 4 is 17.4 Å². The first kappa shape index (κ1) is 14.5. The number of benzene rings is 1. The highest BCUT2D eigenvalue weighted by molar-refractivity contribution is 6.31. The minimum atomic E-state index is -0.362. The third kappa shape index (κ3) is 3.56. The Labute approximate surface area is 119 Å². The molecule has 3 nitrogen and oxygen atoms in total. The fourth-order valence-corrected chi connectivity index (χ4v) is 2.49. The van der Waals surface area contributed by atoms with E-state index in [1.165, 1.54) is 0 Å². The number of Topliss-reactive ketones (excluding diaryl/α,β-unsaturated/α-hetero) is 1. The van der Waals surface area contributed by atoms with Gasteiger partial charge in [-0.05, 0) is 31.5 Å². The van der Waals surface area contributed by atoms with Crippen molar-refractivity contribution in [3.63, 3.8) is 0 Å². The van der Waals surface area contributed by atoms with Crippen LogP contribution < -0.4 is 0 Å². The van der Waals surface area contributed by atoms with Crippen molar-refractivity contribution in [1.82, 2.24) is 4.90 Å². The van der Waals surface area contributed by atoms with Crippen molar-refractivity contribution in [3.8, 4) is 0 Å². The molecule has 4 heteroatoms. The second-order valence-corrected chi connectivity index (χ2v) is 5.40. The van der Waals surface area contributed by atoms with E-state index < -0.39 is 0 Å². The maximum Gasteiger partial charge on any atom is 0.192 e. The molecule has 0 bridgehead atoms. The van der Waals surface area contributed by atoms with Crippen molar-refractivity contribution in [2.24, 2.45) is 0 Å². The molecule has 104 valence electrons. The Morgan fingerprint density at radius 1 is 1.53 bits per heavy atom. The summed E-state index contributed by atoms with van der Waals surface area (Å²) in [5.41, 5.74) is 1.62. The summed E-state index contributed by atoms with van der Waals surface area (Å²) in [6.45, 7) is 7.30. The van der Waals surface area contributed by atoms with Crippen molar-refractivity contribution in [1.29, 1.82) is 0 Å². The number of carbonyl (C=O) groups excluding carboxylic acids is 1. The molecule has 0 saturated carbocycles. The van der Waals surface area contributed by atoms with Gasteiger partial charge >= 0.3 is 0 Å². The first-order chi connectivity index (χ1) is 9.11. The van der Waals surface area contributed by atoms with Gasteiger partial charge < -0.3 is 4.74 Å². The van der Waals surface area contributed by atoms with Crippen LogP contribution in [0.2, 0.25) is 5.02 Å². The van der Waals surface area contributed by atoms with Gasteiger partial charge in [-0.25, -0.2) is 0 Å². The molecule has 1 aromatic carbocycles. The summed E-state index contributed by atoms with van der Waals surface area (Å²) in [4.78, 5) is 14.7. The average molecular weight is 282 g/mol. The molecule has 0 spiro atoms. The zero-order valence-corrected chi connectivity index (χ0v) is 12.2. The molecule has 0 amide bonds. The van der Waals surface area contributed by atoms with Gasteiger partial charge in [0.1, 0.15) is 6.10 Å². The highest BCUT2D eigenvalue weighted by Crippen LogP contribution is 2.19. The Morgan fingerprint density at radius 2 is 2.32 bits per heavy atom. The predicted molar refractivity (Wildman–Crippen MR) is 77.0 cm³/mol. The van der Waals surface area contributed by atoms with Crippen molar-refractivity contribution < 1.29 is 9.53 Å². The maximum absolute atomic E-state index is 12.4. The highest BCUT2D eigenvalue weighted by Gasteiger charge is 2.27. The van der Waals surface area contributed by atoms with Gasteiger partial charge in [-0.2, -0.15) is 0 Å². The molecule has 1 aromatic rings. The second kappa shape index (κ2) is 6.51. The molecule has 0 aliphatic carbocycles. The molecule has 19 heavy (non-hydrogen) atoms. The van der Waals surface area contributed by atoms with Crippen LogP contribution in [-0.2, 0) is 4.74 Å². The number of hydrogen-bond acceptors (Lipinski definition) is 3. The van der Waals surface area contributed by atoms with E-state index in [4.69, 9.17) is 16.3 Å². The third-order valence-corrected chi connectivity index (χ3v) is 3.85. The van der Waals surface area contributed by atoms with Gasteiger partial charge in [0, 0.05) is 23.7 Å². The van der Waals surface area contributed by atoms with Crippen molar-refractivity contribution in [3.05, 3.63) is 34.3 Å². The maximum atomic E-state index is 12.4. The molecular formula is C15H20ClNO2. The summed E-state index contributed by atoms with van der Waals surface area (Å²) in [7, 11) is 0. The number of ketones is 1. The van der Waals surface area contributed by atoms with Crippen LogP contribution in [0.4, 0.5) is 0 Å². The van der Waals surface area contributed by atoms with Crippen molar-refractivity contribution in [2.45, 2.75) is 26.4 Å². The van der Waals surface area contributed by atoms with E-state index in [-0.39, 0.29) is 11.9 Å². The van der Waals surface area contributed by atoms with E-state index in [0.29, 0.717) is 23.7 Å². The van der Waals surface area contributed by atoms with E-state index in [1.807, 2.05) is 19.1 Å². The Hall–Kier alpha value is -0.900. The van der Waals surface area contributed by atoms with Crippen LogP contribution in [0.1, 0.15) is 29.3 Å². The van der Waals surface area contributed by atoms with Crippen LogP contribution in [0.25, 0.3) is 0 Å².